The van der Waals surface area contributed by atoms with Crippen LogP contribution in [0.2, 0.25) is 0 Å². The second-order valence-electron chi connectivity index (χ2n) is 5.55. The predicted octanol–water partition coefficient (Wildman–Crippen LogP) is -0.0146. The van der Waals surface area contributed by atoms with E-state index in [9.17, 15) is 8.42 Å². The van der Waals surface area contributed by atoms with Gasteiger partial charge in [-0.05, 0) is 18.8 Å². The van der Waals surface area contributed by atoms with Gasteiger partial charge in [0, 0.05) is 26.2 Å². The Hall–Kier alpha value is -0.820. The lowest BCUT2D eigenvalue weighted by atomic mass is 9.85. The van der Waals surface area contributed by atoms with E-state index in [1.165, 1.54) is 12.7 Å². The minimum atomic E-state index is -3.12. The second-order valence-corrected chi connectivity index (χ2v) is 7.33. The molecule has 1 fully saturated rings. The summed E-state index contributed by atoms with van der Waals surface area (Å²) >= 11 is 0. The van der Waals surface area contributed by atoms with Crippen LogP contribution in [0, 0.1) is 5.92 Å². The average molecular weight is 288 g/mol. The van der Waals surface area contributed by atoms with Gasteiger partial charge in [-0.3, -0.25) is 4.99 Å². The molecule has 0 saturated heterocycles. The predicted molar refractivity (Wildman–Crippen MR) is 76.7 cm³/mol. The SMILES string of the molecule is CN1CCN=C1NCC1CCCCC1NS(C)(=O)=O. The zero-order chi connectivity index (χ0) is 13.9. The van der Waals surface area contributed by atoms with Gasteiger partial charge < -0.3 is 10.2 Å². The van der Waals surface area contributed by atoms with Crippen LogP contribution in [0.15, 0.2) is 4.99 Å². The Morgan fingerprint density at radius 3 is 2.74 bits per heavy atom. The molecule has 19 heavy (non-hydrogen) atoms. The molecule has 0 aromatic rings. The van der Waals surface area contributed by atoms with Crippen LogP contribution in [0.5, 0.6) is 0 Å². The number of likely N-dealkylation sites (N-methyl/N-ethyl adjacent to an activating group) is 1. The average Bonchev–Trinajstić information content (AvgIpc) is 2.72. The van der Waals surface area contributed by atoms with Crippen LogP contribution in [0.4, 0.5) is 0 Å². The van der Waals surface area contributed by atoms with Crippen LogP contribution >= 0.6 is 0 Å². The third-order valence-electron chi connectivity index (χ3n) is 3.86. The first-order chi connectivity index (χ1) is 8.96. The summed E-state index contributed by atoms with van der Waals surface area (Å²) in [4.78, 5) is 6.49. The Kier molecular flexibility index (Phi) is 4.67. The molecule has 0 aromatic heterocycles. The Labute approximate surface area is 115 Å². The van der Waals surface area contributed by atoms with E-state index in [4.69, 9.17) is 0 Å². The summed E-state index contributed by atoms with van der Waals surface area (Å²) in [5, 5.41) is 3.36. The Bertz CT molecular complexity index is 435. The number of guanidine groups is 1. The first-order valence-corrected chi connectivity index (χ1v) is 8.81. The molecule has 1 heterocycles. The van der Waals surface area contributed by atoms with Crippen molar-refractivity contribution in [2.45, 2.75) is 31.7 Å². The van der Waals surface area contributed by atoms with Crippen molar-refractivity contribution in [2.75, 3.05) is 32.9 Å². The summed E-state index contributed by atoms with van der Waals surface area (Å²) in [6, 6.07) is 0.0589. The van der Waals surface area contributed by atoms with Gasteiger partial charge in [0.25, 0.3) is 0 Å². The highest BCUT2D eigenvalue weighted by atomic mass is 32.2. The standard InChI is InChI=1S/C12H24N4O2S/c1-16-8-7-13-12(16)14-9-10-5-3-4-6-11(10)15-19(2,17)18/h10-11,15H,3-9H2,1-2H3,(H,13,14). The van der Waals surface area contributed by atoms with Gasteiger partial charge in [0.1, 0.15) is 0 Å². The lowest BCUT2D eigenvalue weighted by Gasteiger charge is -2.32. The van der Waals surface area contributed by atoms with Crippen LogP contribution < -0.4 is 10.0 Å². The number of nitrogens with zero attached hydrogens (tertiary/aromatic N) is 2. The fourth-order valence-corrected chi connectivity index (χ4v) is 3.69. The van der Waals surface area contributed by atoms with Gasteiger partial charge in [0.05, 0.1) is 12.8 Å². The smallest absolute Gasteiger partial charge is 0.208 e. The highest BCUT2D eigenvalue weighted by Crippen LogP contribution is 2.24. The molecule has 2 atom stereocenters. The minimum absolute atomic E-state index is 0.0589. The Morgan fingerprint density at radius 1 is 1.37 bits per heavy atom. The molecule has 7 heteroatoms. The summed E-state index contributed by atoms with van der Waals surface area (Å²) in [5.41, 5.74) is 0. The molecule has 0 aromatic carbocycles. The molecule has 0 radical (unpaired) electrons. The number of hydrogen-bond donors (Lipinski definition) is 2. The van der Waals surface area contributed by atoms with Crippen molar-refractivity contribution in [3.05, 3.63) is 0 Å². The van der Waals surface area contributed by atoms with Gasteiger partial charge in [-0.1, -0.05) is 12.8 Å². The molecular formula is C12H24N4O2S. The maximum atomic E-state index is 11.4. The lowest BCUT2D eigenvalue weighted by Crippen LogP contribution is -2.47. The van der Waals surface area contributed by atoms with Crippen molar-refractivity contribution >= 4 is 16.0 Å². The van der Waals surface area contributed by atoms with Crippen LogP contribution in [-0.2, 0) is 10.0 Å². The van der Waals surface area contributed by atoms with Gasteiger partial charge in [-0.2, -0.15) is 0 Å². The van der Waals surface area contributed by atoms with Crippen molar-refractivity contribution in [1.82, 2.24) is 14.9 Å². The molecular weight excluding hydrogens is 264 g/mol. The molecule has 110 valence electrons. The first kappa shape index (κ1) is 14.6. The van der Waals surface area contributed by atoms with E-state index < -0.39 is 10.0 Å². The van der Waals surface area contributed by atoms with Gasteiger partial charge in [0.2, 0.25) is 10.0 Å². The van der Waals surface area contributed by atoms with E-state index in [2.05, 4.69) is 19.9 Å². The van der Waals surface area contributed by atoms with E-state index >= 15 is 0 Å². The van der Waals surface area contributed by atoms with Crippen molar-refractivity contribution in [1.29, 1.82) is 0 Å². The molecule has 6 nitrogen and oxygen atoms in total. The summed E-state index contributed by atoms with van der Waals surface area (Å²) in [6.07, 6.45) is 5.51. The van der Waals surface area contributed by atoms with Crippen LogP contribution in [0.1, 0.15) is 25.7 Å². The van der Waals surface area contributed by atoms with Crippen LogP contribution in [0.25, 0.3) is 0 Å². The number of sulfonamides is 1. The van der Waals surface area contributed by atoms with Gasteiger partial charge in [0.15, 0.2) is 5.96 Å². The molecule has 0 spiro atoms. The number of nitrogens with one attached hydrogen (secondary N) is 2. The Morgan fingerprint density at radius 2 is 2.11 bits per heavy atom. The van der Waals surface area contributed by atoms with Gasteiger partial charge in [-0.15, -0.1) is 0 Å². The van der Waals surface area contributed by atoms with E-state index in [0.717, 1.165) is 44.9 Å². The summed E-state index contributed by atoms with van der Waals surface area (Å²) in [7, 11) is -1.10. The summed E-state index contributed by atoms with van der Waals surface area (Å²) in [5.74, 6) is 1.28. The fraction of sp³-hybridized carbons (Fsp3) is 0.917. The normalized spacial score (nSPS) is 28.3. The Balaban J connectivity index is 1.89. The highest BCUT2D eigenvalue weighted by molar-refractivity contribution is 7.88. The van der Waals surface area contributed by atoms with E-state index in [0.29, 0.717) is 5.92 Å². The molecule has 1 saturated carbocycles. The minimum Gasteiger partial charge on any atom is -0.356 e. The molecule has 0 amide bonds. The van der Waals surface area contributed by atoms with Gasteiger partial charge >= 0.3 is 0 Å². The molecule has 0 bridgehead atoms. The quantitative estimate of drug-likeness (QED) is 0.763. The second kappa shape index (κ2) is 6.09. The number of aliphatic imine (C=N–C) groups is 1. The van der Waals surface area contributed by atoms with Crippen molar-refractivity contribution < 1.29 is 8.42 Å². The maximum Gasteiger partial charge on any atom is 0.208 e. The number of rotatable bonds is 4. The van der Waals surface area contributed by atoms with E-state index in [1.54, 1.807) is 0 Å². The zero-order valence-corrected chi connectivity index (χ0v) is 12.5. The summed E-state index contributed by atoms with van der Waals surface area (Å²) in [6.45, 7) is 2.59. The highest BCUT2D eigenvalue weighted by Gasteiger charge is 2.27. The largest absolute Gasteiger partial charge is 0.356 e. The molecule has 1 aliphatic heterocycles. The van der Waals surface area contributed by atoms with Crippen molar-refractivity contribution in [2.24, 2.45) is 10.9 Å². The molecule has 2 unspecified atom stereocenters. The van der Waals surface area contributed by atoms with Crippen LogP contribution in [-0.4, -0.2) is 58.3 Å². The third-order valence-corrected chi connectivity index (χ3v) is 4.59. The van der Waals surface area contributed by atoms with Crippen molar-refractivity contribution in [3.8, 4) is 0 Å². The molecule has 2 aliphatic rings. The monoisotopic (exact) mass is 288 g/mol. The first-order valence-electron chi connectivity index (χ1n) is 6.92. The lowest BCUT2D eigenvalue weighted by molar-refractivity contribution is 0.287. The van der Waals surface area contributed by atoms with Gasteiger partial charge in [-0.25, -0.2) is 13.1 Å². The molecule has 2 N–H and O–H groups in total. The van der Waals surface area contributed by atoms with Crippen molar-refractivity contribution in [3.63, 3.8) is 0 Å². The third kappa shape index (κ3) is 4.35. The topological polar surface area (TPSA) is 73.8 Å². The van der Waals surface area contributed by atoms with E-state index in [-0.39, 0.29) is 6.04 Å². The number of hydrogen-bond acceptors (Lipinski definition) is 5. The summed E-state index contributed by atoms with van der Waals surface area (Å²) < 4.78 is 25.6. The maximum absolute atomic E-state index is 11.4. The van der Waals surface area contributed by atoms with Crippen LogP contribution in [0.3, 0.4) is 0 Å². The molecule has 2 rings (SSSR count). The fourth-order valence-electron chi connectivity index (χ4n) is 2.83. The zero-order valence-electron chi connectivity index (χ0n) is 11.7. The van der Waals surface area contributed by atoms with E-state index in [1.807, 2.05) is 7.05 Å². The molecule has 1 aliphatic carbocycles.